The van der Waals surface area contributed by atoms with Crippen molar-refractivity contribution in [2.75, 3.05) is 37.3 Å². The number of phenols is 2. The largest absolute Gasteiger partial charge is 0.508 e. The van der Waals surface area contributed by atoms with Gasteiger partial charge in [-0.2, -0.15) is 0 Å². The number of ether oxygens (including phenoxy) is 2. The lowest BCUT2D eigenvalue weighted by Gasteiger charge is -2.51. The van der Waals surface area contributed by atoms with Crippen LogP contribution in [0.15, 0.2) is 69.7 Å². The number of aliphatic hydroxyl groups excluding tert-OH is 2. The van der Waals surface area contributed by atoms with Crippen LogP contribution < -0.4 is 26.5 Å². The Kier molecular flexibility index (Phi) is 12.0. The molecule has 3 aromatic heterocycles. The summed E-state index contributed by atoms with van der Waals surface area (Å²) in [5.74, 6) is -2.53. The molecule has 0 radical (unpaired) electrons. The molecule has 2 aromatic carbocycles. The zero-order valence-corrected chi connectivity index (χ0v) is 40.7. The van der Waals surface area contributed by atoms with Gasteiger partial charge in [-0.25, -0.2) is 14.8 Å². The molecule has 3 aliphatic carbocycles. The monoisotopic (exact) mass is 967 g/mol. The number of aryl methyl sites for hydroxylation is 2. The molecule has 6 aliphatic rings. The highest BCUT2D eigenvalue weighted by atomic mass is 16.6. The first kappa shape index (κ1) is 47.3. The molecule has 1 spiro atoms. The van der Waals surface area contributed by atoms with Crippen LogP contribution in [0.1, 0.15) is 134 Å². The number of aliphatic hydroxyl groups is 3. The van der Waals surface area contributed by atoms with Crippen molar-refractivity contribution in [2.24, 2.45) is 17.3 Å². The van der Waals surface area contributed by atoms with Gasteiger partial charge in [-0.3, -0.25) is 4.79 Å². The minimum atomic E-state index is -1.42. The standard InChI is InChI=1S/C56H65N5O10/c1-4-40(56(68)14-13-55(28-56)15-18-58-19-16-55)53(67)70-43-24-38-49(66)47-42(65)23-33(26-62)69-51(47)48-45-36-12-17-60-52(57)46(36)35(11-7-29-6-9-32(64)22-37(29)39(45)27-63)34-10-8-30-21-44(59-5-2)61-25-31(30)20-41(34)54(43,3)71-50(38)48/h4,6,9,12,17,21-23,25,34-35,39,41,43,45,58,62-64,66,68H,5,7-8,10-11,13-16,18-20,24,26-28H2,1-3H3,(H2,57,60)(H,59,61)/b40-4+/t34-,35+,39-,41+,43-,45+,54+,56+/m1/s1. The number of carbonyl (C=O) groups is 1. The fourth-order valence-electron chi connectivity index (χ4n) is 14.4. The van der Waals surface area contributed by atoms with Crippen LogP contribution in [-0.4, -0.2) is 85.0 Å². The first-order chi connectivity index (χ1) is 34.2. The number of nitrogen functional groups attached to an aromatic ring is 1. The van der Waals surface area contributed by atoms with Crippen molar-refractivity contribution < 1.29 is 44.2 Å². The van der Waals surface area contributed by atoms with Crippen LogP contribution in [0, 0.1) is 17.3 Å². The lowest BCUT2D eigenvalue weighted by Crippen LogP contribution is -2.59. The first-order valence-corrected chi connectivity index (χ1v) is 25.6. The van der Waals surface area contributed by atoms with E-state index < -0.39 is 65.4 Å². The van der Waals surface area contributed by atoms with E-state index >= 15 is 4.79 Å². The summed E-state index contributed by atoms with van der Waals surface area (Å²) in [4.78, 5) is 39.3. The molecule has 5 aromatic rings. The average Bonchev–Trinajstić information content (AvgIpc) is 3.57. The van der Waals surface area contributed by atoms with Crippen molar-refractivity contribution in [3.8, 4) is 17.2 Å². The fourth-order valence-corrected chi connectivity index (χ4v) is 14.4. The van der Waals surface area contributed by atoms with E-state index in [0.717, 1.165) is 72.1 Å². The number of anilines is 2. The number of hydrogen-bond donors (Lipinski definition) is 8. The summed E-state index contributed by atoms with van der Waals surface area (Å²) in [5, 5.41) is 65.4. The molecular formula is C56H65N5O10. The number of benzene rings is 2. The summed E-state index contributed by atoms with van der Waals surface area (Å²) >= 11 is 0. The predicted molar refractivity (Wildman–Crippen MR) is 267 cm³/mol. The third-order valence-electron chi connectivity index (χ3n) is 17.8. The number of nitrogens with two attached hydrogens (primary N) is 1. The van der Waals surface area contributed by atoms with E-state index in [1.807, 2.05) is 32.2 Å². The Bertz CT molecular complexity index is 3040. The highest BCUT2D eigenvalue weighted by Gasteiger charge is 2.58. The van der Waals surface area contributed by atoms with Crippen LogP contribution in [-0.2, 0) is 41.8 Å². The van der Waals surface area contributed by atoms with E-state index in [1.165, 1.54) is 0 Å². The summed E-state index contributed by atoms with van der Waals surface area (Å²) in [5.41, 5.74) is 9.61. The Balaban J connectivity index is 1.19. The molecule has 11 rings (SSSR count). The average molecular weight is 968 g/mol. The number of carbonyl (C=O) groups excluding carboxylic acids is 1. The van der Waals surface area contributed by atoms with Gasteiger partial charge in [0.2, 0.25) is 0 Å². The molecule has 1 saturated heterocycles. The van der Waals surface area contributed by atoms with Gasteiger partial charge in [-0.1, -0.05) is 12.1 Å². The number of fused-ring (bicyclic) bond motifs is 9. The zero-order valence-electron chi connectivity index (χ0n) is 40.7. The molecule has 6 heterocycles. The van der Waals surface area contributed by atoms with Gasteiger partial charge in [-0.15, -0.1) is 0 Å². The van der Waals surface area contributed by atoms with Gasteiger partial charge in [-0.05, 0) is 167 Å². The number of esters is 1. The second-order valence-corrected chi connectivity index (χ2v) is 21.4. The van der Waals surface area contributed by atoms with Crippen LogP contribution in [0.25, 0.3) is 11.0 Å². The minimum absolute atomic E-state index is 0.0107. The van der Waals surface area contributed by atoms with E-state index in [0.29, 0.717) is 68.4 Å². The van der Waals surface area contributed by atoms with Crippen molar-refractivity contribution in [1.29, 1.82) is 0 Å². The van der Waals surface area contributed by atoms with Gasteiger partial charge in [0.1, 0.15) is 63.9 Å². The van der Waals surface area contributed by atoms with E-state index in [-0.39, 0.29) is 63.0 Å². The molecule has 8 atom stereocenters. The Morgan fingerprint density at radius 3 is 2.55 bits per heavy atom. The highest BCUT2D eigenvalue weighted by molar-refractivity contribution is 5.93. The van der Waals surface area contributed by atoms with Crippen molar-refractivity contribution in [1.82, 2.24) is 15.3 Å². The lowest BCUT2D eigenvalue weighted by atomic mass is 9.62. The summed E-state index contributed by atoms with van der Waals surface area (Å²) in [6.07, 6.45) is 10.4. The highest BCUT2D eigenvalue weighted by Crippen LogP contribution is 2.61. The number of nitrogens with one attached hydrogen (secondary N) is 2. The Hall–Kier alpha value is -6.00. The second-order valence-electron chi connectivity index (χ2n) is 21.4. The van der Waals surface area contributed by atoms with Crippen LogP contribution in [0.2, 0.25) is 0 Å². The second kappa shape index (κ2) is 17.9. The van der Waals surface area contributed by atoms with Gasteiger partial charge < -0.3 is 55.8 Å². The number of allylic oxidation sites excluding steroid dienone is 1. The van der Waals surface area contributed by atoms with Crippen LogP contribution >= 0.6 is 0 Å². The van der Waals surface area contributed by atoms with E-state index in [1.54, 1.807) is 31.3 Å². The molecule has 15 heteroatoms. The zero-order chi connectivity index (χ0) is 49.6. The first-order valence-electron chi connectivity index (χ1n) is 25.6. The van der Waals surface area contributed by atoms with Crippen LogP contribution in [0.4, 0.5) is 11.6 Å². The molecule has 2 fully saturated rings. The maximum absolute atomic E-state index is 15.2. The molecule has 3 aliphatic heterocycles. The van der Waals surface area contributed by atoms with Gasteiger partial charge in [0, 0.05) is 65.9 Å². The normalized spacial score (nSPS) is 28.5. The number of piperidine rings is 1. The number of nitrogens with zero attached hydrogens (tertiary/aromatic N) is 2. The molecule has 374 valence electrons. The molecular weight excluding hydrogens is 903 g/mol. The Morgan fingerprint density at radius 1 is 0.986 bits per heavy atom. The van der Waals surface area contributed by atoms with Gasteiger partial charge in [0.05, 0.1) is 17.8 Å². The smallest absolute Gasteiger partial charge is 0.337 e. The molecule has 0 amide bonds. The minimum Gasteiger partial charge on any atom is -0.508 e. The van der Waals surface area contributed by atoms with Gasteiger partial charge in [0.15, 0.2) is 5.43 Å². The van der Waals surface area contributed by atoms with Crippen molar-refractivity contribution in [2.45, 2.75) is 133 Å². The van der Waals surface area contributed by atoms with Crippen LogP contribution in [0.5, 0.6) is 17.2 Å². The number of rotatable bonds is 7. The number of aromatic nitrogens is 2. The molecule has 4 bridgehead atoms. The lowest BCUT2D eigenvalue weighted by molar-refractivity contribution is -0.171. The van der Waals surface area contributed by atoms with Crippen molar-refractivity contribution >= 4 is 28.6 Å². The Labute approximate surface area is 412 Å². The number of pyridine rings is 2. The molecule has 1 saturated carbocycles. The van der Waals surface area contributed by atoms with E-state index in [9.17, 15) is 30.3 Å². The maximum Gasteiger partial charge on any atom is 0.337 e. The molecule has 15 nitrogen and oxygen atoms in total. The quantitative estimate of drug-likeness (QED) is 0.0625. The van der Waals surface area contributed by atoms with Gasteiger partial charge in [0.25, 0.3) is 0 Å². The maximum atomic E-state index is 15.2. The summed E-state index contributed by atoms with van der Waals surface area (Å²) in [7, 11) is 0. The molecule has 71 heavy (non-hydrogen) atoms. The number of aromatic hydroxyl groups is 2. The summed E-state index contributed by atoms with van der Waals surface area (Å²) in [6.45, 7) is 7.11. The van der Waals surface area contributed by atoms with Gasteiger partial charge >= 0.3 is 5.97 Å². The fraction of sp³-hybridized carbons (Fsp3) is 0.500. The third kappa shape index (κ3) is 7.68. The predicted octanol–water partition coefficient (Wildman–Crippen LogP) is 6.71. The molecule has 0 unspecified atom stereocenters. The summed E-state index contributed by atoms with van der Waals surface area (Å²) in [6, 6.07) is 10.4. The summed E-state index contributed by atoms with van der Waals surface area (Å²) < 4.78 is 21.2. The topological polar surface area (TPSA) is 243 Å². The Morgan fingerprint density at radius 2 is 1.79 bits per heavy atom. The van der Waals surface area contributed by atoms with E-state index in [2.05, 4.69) is 16.7 Å². The molecule has 9 N–H and O–H groups in total. The number of phenolic OH excluding ortho intramolecular Hbond substituents is 2. The third-order valence-corrected chi connectivity index (χ3v) is 17.8. The van der Waals surface area contributed by atoms with Crippen molar-refractivity contribution in [3.05, 3.63) is 121 Å². The van der Waals surface area contributed by atoms with Crippen molar-refractivity contribution in [3.63, 3.8) is 0 Å². The van der Waals surface area contributed by atoms with Crippen LogP contribution in [0.3, 0.4) is 0 Å². The SMILES string of the molecule is C/C=C(\C(=O)O[C@@H]1Cc2c3c(c4oc(CO)cc(=O)c4c2O)[C@H]2c4ccnc(N)c4[C@@H](CCc4ccc(O)cc4[C@H]2CO)[C@H]2CCc4cc(NCC)ncc4C[C@@H]2[C@]1(C)O3)[C@]1(O)CCC2(CCNCC2)C1. The van der Waals surface area contributed by atoms with E-state index in [4.69, 9.17) is 29.6 Å². The number of hydrogen-bond acceptors (Lipinski definition) is 15.